The van der Waals surface area contributed by atoms with Gasteiger partial charge >= 0.3 is 0 Å². The Morgan fingerprint density at radius 3 is 2.14 bits per heavy atom. The third kappa shape index (κ3) is 4.43. The van der Waals surface area contributed by atoms with Gasteiger partial charge in [0.25, 0.3) is 0 Å². The predicted molar refractivity (Wildman–Crippen MR) is 125 cm³/mol. The molecule has 2 aromatic heterocycles. The third-order valence-electron chi connectivity index (χ3n) is 4.86. The molecule has 0 amide bonds. The normalized spacial score (nSPS) is 10.2. The Bertz CT molecular complexity index is 1170. The van der Waals surface area contributed by atoms with Gasteiger partial charge in [0.2, 0.25) is 0 Å². The number of para-hydroxylation sites is 3. The Kier molecular flexibility index (Phi) is 6.91. The molecule has 0 unspecified atom stereocenters. The molecule has 2 nitrogen and oxygen atoms in total. The minimum atomic E-state index is 0.969. The average Bonchev–Trinajstić information content (AvgIpc) is 3.45. The molecular weight excluding hydrogens is 354 g/mol. The van der Waals surface area contributed by atoms with Crippen LogP contribution in [-0.4, -0.2) is 4.57 Å². The molecule has 0 aliphatic carbocycles. The lowest BCUT2D eigenvalue weighted by atomic mass is 10.1. The second-order valence-corrected chi connectivity index (χ2v) is 6.62. The number of hydrogen-bond acceptors (Lipinski definition) is 1. The van der Waals surface area contributed by atoms with Crippen LogP contribution < -0.4 is 0 Å². The number of hydrogen-bond donors (Lipinski definition) is 0. The summed E-state index contributed by atoms with van der Waals surface area (Å²) in [4.78, 5) is 0. The van der Waals surface area contributed by atoms with E-state index in [1.54, 1.807) is 0 Å². The summed E-state index contributed by atoms with van der Waals surface area (Å²) in [6, 6.07) is 27.0. The van der Waals surface area contributed by atoms with E-state index in [9.17, 15) is 0 Å². The van der Waals surface area contributed by atoms with Crippen molar-refractivity contribution in [1.29, 1.82) is 0 Å². The molecule has 0 N–H and O–H groups in total. The van der Waals surface area contributed by atoms with Crippen LogP contribution in [0.15, 0.2) is 95.7 Å². The highest BCUT2D eigenvalue weighted by atomic mass is 16.3. The number of nitrogens with zero attached hydrogens (tertiary/aromatic N) is 1. The topological polar surface area (TPSA) is 18.1 Å². The van der Waals surface area contributed by atoms with Crippen LogP contribution in [0.3, 0.4) is 0 Å². The Labute approximate surface area is 173 Å². The first-order valence-electron chi connectivity index (χ1n) is 10.4. The highest BCUT2D eigenvalue weighted by molar-refractivity contribution is 6.05. The van der Waals surface area contributed by atoms with Crippen molar-refractivity contribution < 1.29 is 4.42 Å². The van der Waals surface area contributed by atoms with E-state index < -0.39 is 0 Å². The van der Waals surface area contributed by atoms with E-state index in [2.05, 4.69) is 79.3 Å². The maximum absolute atomic E-state index is 5.78. The van der Waals surface area contributed by atoms with E-state index in [1.165, 1.54) is 27.6 Å². The van der Waals surface area contributed by atoms with Gasteiger partial charge < -0.3 is 8.98 Å². The van der Waals surface area contributed by atoms with Gasteiger partial charge in [0.1, 0.15) is 11.2 Å². The van der Waals surface area contributed by atoms with Crippen LogP contribution >= 0.6 is 0 Å². The van der Waals surface area contributed by atoms with Crippen LogP contribution in [0, 0.1) is 6.92 Å². The molecule has 0 fully saturated rings. The molecule has 0 saturated carbocycles. The lowest BCUT2D eigenvalue weighted by molar-refractivity contribution is 0.666. The minimum Gasteiger partial charge on any atom is -0.456 e. The molecule has 5 aromatic rings. The summed E-state index contributed by atoms with van der Waals surface area (Å²) in [5.74, 6) is 0. The molecule has 0 atom stereocenters. The van der Waals surface area contributed by atoms with Gasteiger partial charge in [-0.1, -0.05) is 75.4 Å². The molecule has 5 rings (SSSR count). The zero-order valence-corrected chi connectivity index (χ0v) is 17.7. The van der Waals surface area contributed by atoms with Gasteiger partial charge in [-0.25, -0.2) is 0 Å². The Morgan fingerprint density at radius 2 is 1.38 bits per heavy atom. The second-order valence-electron chi connectivity index (χ2n) is 6.62. The van der Waals surface area contributed by atoms with Crippen molar-refractivity contribution >= 4 is 21.9 Å². The van der Waals surface area contributed by atoms with E-state index >= 15 is 0 Å². The number of aryl methyl sites for hydroxylation is 2. The molecule has 2 heteroatoms. The van der Waals surface area contributed by atoms with Crippen molar-refractivity contribution in [2.24, 2.45) is 0 Å². The number of fused-ring (bicyclic) bond motifs is 3. The SMILES string of the molecule is CC.CCc1ccccc1-n1cccc1.Cc1cccc2c1oc1ccccc12. The summed E-state index contributed by atoms with van der Waals surface area (Å²) in [5, 5.41) is 2.41. The lowest BCUT2D eigenvalue weighted by Crippen LogP contribution is -1.94. The summed E-state index contributed by atoms with van der Waals surface area (Å²) < 4.78 is 7.93. The molecule has 0 spiro atoms. The summed E-state index contributed by atoms with van der Waals surface area (Å²) in [6.45, 7) is 8.26. The maximum Gasteiger partial charge on any atom is 0.138 e. The van der Waals surface area contributed by atoms with Gasteiger partial charge in [-0.15, -0.1) is 0 Å². The summed E-state index contributed by atoms with van der Waals surface area (Å²) >= 11 is 0. The zero-order chi connectivity index (χ0) is 20.6. The zero-order valence-electron chi connectivity index (χ0n) is 17.7. The van der Waals surface area contributed by atoms with E-state index in [0.29, 0.717) is 0 Å². The molecular formula is C27H29NO. The van der Waals surface area contributed by atoms with Gasteiger partial charge in [-0.3, -0.25) is 0 Å². The minimum absolute atomic E-state index is 0.969. The van der Waals surface area contributed by atoms with Crippen LogP contribution in [-0.2, 0) is 6.42 Å². The van der Waals surface area contributed by atoms with Gasteiger partial charge in [-0.05, 0) is 48.7 Å². The monoisotopic (exact) mass is 383 g/mol. The largest absolute Gasteiger partial charge is 0.456 e. The highest BCUT2D eigenvalue weighted by Crippen LogP contribution is 2.29. The second kappa shape index (κ2) is 9.79. The van der Waals surface area contributed by atoms with Crippen LogP contribution in [0.4, 0.5) is 0 Å². The molecule has 2 heterocycles. The van der Waals surface area contributed by atoms with E-state index in [-0.39, 0.29) is 0 Å². The molecule has 3 aromatic carbocycles. The Balaban J connectivity index is 0.000000153. The summed E-state index contributed by atoms with van der Waals surface area (Å²) in [6.07, 6.45) is 5.23. The first kappa shape index (κ1) is 20.5. The van der Waals surface area contributed by atoms with E-state index in [4.69, 9.17) is 4.42 Å². The lowest BCUT2D eigenvalue weighted by Gasteiger charge is -2.07. The highest BCUT2D eigenvalue weighted by Gasteiger charge is 2.06. The molecule has 0 bridgehead atoms. The summed E-state index contributed by atoms with van der Waals surface area (Å²) in [7, 11) is 0. The molecule has 148 valence electrons. The number of benzene rings is 3. The van der Waals surface area contributed by atoms with Crippen molar-refractivity contribution in [3.63, 3.8) is 0 Å². The fourth-order valence-corrected chi connectivity index (χ4v) is 3.44. The van der Waals surface area contributed by atoms with Crippen LogP contribution in [0.25, 0.3) is 27.6 Å². The van der Waals surface area contributed by atoms with Crippen LogP contribution in [0.2, 0.25) is 0 Å². The van der Waals surface area contributed by atoms with Gasteiger partial charge in [0.15, 0.2) is 0 Å². The van der Waals surface area contributed by atoms with E-state index in [1.807, 2.05) is 44.2 Å². The smallest absolute Gasteiger partial charge is 0.138 e. The summed E-state index contributed by atoms with van der Waals surface area (Å²) in [5.41, 5.74) is 5.85. The van der Waals surface area contributed by atoms with Gasteiger partial charge in [-0.2, -0.15) is 0 Å². The molecule has 0 saturated heterocycles. The fourth-order valence-electron chi connectivity index (χ4n) is 3.44. The maximum atomic E-state index is 5.78. The quantitative estimate of drug-likeness (QED) is 0.302. The third-order valence-corrected chi connectivity index (χ3v) is 4.86. The predicted octanol–water partition coefficient (Wildman–Crippen LogP) is 7.96. The fraction of sp³-hybridized carbons (Fsp3) is 0.185. The molecule has 0 radical (unpaired) electrons. The van der Waals surface area contributed by atoms with Crippen molar-refractivity contribution in [2.75, 3.05) is 0 Å². The first-order valence-corrected chi connectivity index (χ1v) is 10.4. The van der Waals surface area contributed by atoms with Crippen LogP contribution in [0.5, 0.6) is 0 Å². The van der Waals surface area contributed by atoms with Crippen molar-refractivity contribution in [2.45, 2.75) is 34.1 Å². The number of furan rings is 1. The van der Waals surface area contributed by atoms with Crippen molar-refractivity contribution in [3.05, 3.63) is 102 Å². The van der Waals surface area contributed by atoms with Gasteiger partial charge in [0.05, 0.1) is 0 Å². The van der Waals surface area contributed by atoms with Crippen molar-refractivity contribution in [3.8, 4) is 5.69 Å². The Hall–Kier alpha value is -3.26. The first-order chi connectivity index (χ1) is 14.3. The van der Waals surface area contributed by atoms with Crippen LogP contribution in [0.1, 0.15) is 31.9 Å². The molecule has 0 aliphatic heterocycles. The van der Waals surface area contributed by atoms with E-state index in [0.717, 1.165) is 17.6 Å². The number of aromatic nitrogens is 1. The Morgan fingerprint density at radius 1 is 0.724 bits per heavy atom. The standard InChI is InChI=1S/C13H10O.C12H13N.C2H6/c1-9-5-4-7-11-10-6-2-3-8-12(10)14-13(9)11;1-2-11-7-3-4-8-12(11)13-9-5-6-10-13;1-2/h2-8H,1H3;3-10H,2H2,1H3;1-2H3. The van der Waals surface area contributed by atoms with Crippen molar-refractivity contribution in [1.82, 2.24) is 4.57 Å². The molecule has 29 heavy (non-hydrogen) atoms. The molecule has 0 aliphatic rings. The van der Waals surface area contributed by atoms with Gasteiger partial charge in [0, 0.05) is 28.9 Å². The average molecular weight is 384 g/mol. The number of rotatable bonds is 2.